The lowest BCUT2D eigenvalue weighted by molar-refractivity contribution is -0.859. The fraction of sp³-hybridized carbons (Fsp3) is 0.375. The topological polar surface area (TPSA) is 83.9 Å². The molecule has 1 aromatic heterocycles. The van der Waals surface area contributed by atoms with Gasteiger partial charge in [-0.05, 0) is 29.7 Å². The summed E-state index contributed by atoms with van der Waals surface area (Å²) in [5.41, 5.74) is -0.206. The molecule has 1 amide bonds. The number of likely N-dealkylation sites (N-methyl/N-ethyl adjacent to an activating group) is 1. The van der Waals surface area contributed by atoms with E-state index in [0.29, 0.717) is 12.2 Å². The lowest BCUT2D eigenvalue weighted by Gasteiger charge is -2.37. The number of benzene rings is 1. The second kappa shape index (κ2) is 8.65. The standard InChI is InChI=1S/C24H27F3N6O2/c1-23(2,3)14-32-15-31(4)22(34)19-20(32)30-33(35,21(19)29-17-8-6-5-7-9-17)13-16-10-11-18(28-12-16)24(25,26)27/h5-12,29H,13-15H2,1-4H3. The third-order valence-corrected chi connectivity index (χ3v) is 5.52. The van der Waals surface area contributed by atoms with Crippen LogP contribution < -0.4 is 5.32 Å². The highest BCUT2D eigenvalue weighted by Crippen LogP contribution is 2.37. The molecule has 1 atom stereocenters. The molecule has 3 heterocycles. The van der Waals surface area contributed by atoms with E-state index in [1.54, 1.807) is 31.3 Å². The van der Waals surface area contributed by atoms with Crippen LogP contribution >= 0.6 is 0 Å². The molecule has 186 valence electrons. The van der Waals surface area contributed by atoms with E-state index in [1.165, 1.54) is 11.0 Å². The molecule has 1 N–H and O–H groups in total. The number of hydrogen-bond donors (Lipinski definition) is 1. The number of carbonyl (C=O) groups is 1. The summed E-state index contributed by atoms with van der Waals surface area (Å²) in [5.74, 6) is -0.0633. The Morgan fingerprint density at radius 2 is 1.80 bits per heavy atom. The van der Waals surface area contributed by atoms with Crippen molar-refractivity contribution in [3.05, 3.63) is 76.5 Å². The second-order valence-electron chi connectivity index (χ2n) is 9.95. The number of amides is 1. The van der Waals surface area contributed by atoms with E-state index in [9.17, 15) is 23.2 Å². The minimum Gasteiger partial charge on any atom is -0.598 e. The number of hydroxylamine groups is 2. The minimum absolute atomic E-state index is 0.0153. The summed E-state index contributed by atoms with van der Waals surface area (Å²) in [6.07, 6.45) is -3.56. The zero-order valence-electron chi connectivity index (χ0n) is 19.9. The van der Waals surface area contributed by atoms with Crippen molar-refractivity contribution in [1.82, 2.24) is 14.8 Å². The first-order valence-corrected chi connectivity index (χ1v) is 11.1. The van der Waals surface area contributed by atoms with Crippen molar-refractivity contribution >= 4 is 17.4 Å². The molecule has 0 bridgehead atoms. The van der Waals surface area contributed by atoms with E-state index < -0.39 is 16.6 Å². The van der Waals surface area contributed by atoms with Crippen LogP contribution in [0.3, 0.4) is 0 Å². The molecular weight excluding hydrogens is 461 g/mol. The Balaban J connectivity index is 1.79. The number of pyridine rings is 1. The van der Waals surface area contributed by atoms with Gasteiger partial charge in [0.25, 0.3) is 5.91 Å². The maximum atomic E-state index is 14.2. The number of amidine groups is 1. The number of para-hydroxylation sites is 1. The molecule has 35 heavy (non-hydrogen) atoms. The van der Waals surface area contributed by atoms with Gasteiger partial charge in [-0.25, -0.2) is 0 Å². The number of alkyl halides is 3. The van der Waals surface area contributed by atoms with Gasteiger partial charge >= 0.3 is 6.18 Å². The molecule has 0 spiro atoms. The minimum atomic E-state index is -4.59. The van der Waals surface area contributed by atoms with E-state index >= 15 is 0 Å². The molecule has 2 aliphatic heterocycles. The first-order chi connectivity index (χ1) is 16.3. The van der Waals surface area contributed by atoms with Crippen molar-refractivity contribution in [1.29, 1.82) is 0 Å². The van der Waals surface area contributed by atoms with Crippen molar-refractivity contribution in [3.63, 3.8) is 0 Å². The highest BCUT2D eigenvalue weighted by Gasteiger charge is 2.48. The number of nitrogens with one attached hydrogen (secondary N) is 1. The Bertz CT molecular complexity index is 1170. The molecule has 0 saturated carbocycles. The molecule has 0 radical (unpaired) electrons. The van der Waals surface area contributed by atoms with Crippen LogP contribution in [-0.2, 0) is 17.5 Å². The fourth-order valence-corrected chi connectivity index (χ4v) is 4.08. The van der Waals surface area contributed by atoms with Crippen molar-refractivity contribution in [3.8, 4) is 0 Å². The van der Waals surface area contributed by atoms with E-state index in [2.05, 4.69) is 15.4 Å². The summed E-state index contributed by atoms with van der Waals surface area (Å²) in [5, 5.41) is 21.7. The number of halogens is 3. The Morgan fingerprint density at radius 3 is 2.37 bits per heavy atom. The van der Waals surface area contributed by atoms with Gasteiger partial charge in [-0.15, -0.1) is 0 Å². The predicted molar refractivity (Wildman–Crippen MR) is 125 cm³/mol. The summed E-state index contributed by atoms with van der Waals surface area (Å²) >= 11 is 0. The number of fused-ring (bicyclic) bond motifs is 1. The molecule has 2 aliphatic rings. The SMILES string of the molecule is CN1CN(CC(C)(C)C)C2=N[N+]([O-])(Cc3ccc(C(F)(F)F)nc3)C(Nc3ccccc3)=C2C1=O. The quantitative estimate of drug-likeness (QED) is 0.500. The summed E-state index contributed by atoms with van der Waals surface area (Å²) in [6.45, 7) is 6.58. The van der Waals surface area contributed by atoms with Gasteiger partial charge in [0.05, 0.1) is 6.67 Å². The second-order valence-corrected chi connectivity index (χ2v) is 9.95. The van der Waals surface area contributed by atoms with E-state index in [0.717, 1.165) is 12.3 Å². The molecule has 11 heteroatoms. The molecule has 1 aromatic carbocycles. The van der Waals surface area contributed by atoms with Crippen LogP contribution in [0.2, 0.25) is 0 Å². The number of hydrogen-bond acceptors (Lipinski definition) is 6. The third-order valence-electron chi connectivity index (χ3n) is 5.52. The Kier molecular flexibility index (Phi) is 6.10. The Labute approximate surface area is 201 Å². The van der Waals surface area contributed by atoms with Crippen molar-refractivity contribution < 1.29 is 22.7 Å². The average Bonchev–Trinajstić information content (AvgIpc) is 3.04. The summed E-state index contributed by atoms with van der Waals surface area (Å²) in [7, 11) is 1.65. The molecule has 1 saturated heterocycles. The largest absolute Gasteiger partial charge is 0.598 e. The Morgan fingerprint density at radius 1 is 1.11 bits per heavy atom. The van der Waals surface area contributed by atoms with E-state index in [-0.39, 0.29) is 47.3 Å². The van der Waals surface area contributed by atoms with Crippen LogP contribution in [0.5, 0.6) is 0 Å². The lowest BCUT2D eigenvalue weighted by atomic mass is 9.95. The molecular formula is C24H27F3N6O2. The summed E-state index contributed by atoms with van der Waals surface area (Å²) < 4.78 is 37.5. The lowest BCUT2D eigenvalue weighted by Crippen LogP contribution is -2.52. The van der Waals surface area contributed by atoms with E-state index in [1.807, 2.05) is 31.7 Å². The number of carbonyl (C=O) groups excluding carboxylic acids is 1. The molecule has 8 nitrogen and oxygen atoms in total. The third kappa shape index (κ3) is 5.15. The highest BCUT2D eigenvalue weighted by atomic mass is 19.4. The van der Waals surface area contributed by atoms with Gasteiger partial charge < -0.3 is 20.3 Å². The number of aromatic nitrogens is 1. The zero-order valence-corrected chi connectivity index (χ0v) is 19.9. The molecule has 2 aromatic rings. The van der Waals surface area contributed by atoms with Crippen LogP contribution in [0.25, 0.3) is 0 Å². The summed E-state index contributed by atoms with van der Waals surface area (Å²) in [6, 6.07) is 10.9. The Hall–Kier alpha value is -3.44. The first kappa shape index (κ1) is 24.7. The van der Waals surface area contributed by atoms with Gasteiger partial charge in [-0.3, -0.25) is 9.78 Å². The van der Waals surface area contributed by atoms with Gasteiger partial charge in [-0.1, -0.05) is 44.1 Å². The number of anilines is 1. The van der Waals surface area contributed by atoms with Crippen molar-refractivity contribution in [2.24, 2.45) is 10.5 Å². The molecule has 1 fully saturated rings. The maximum absolute atomic E-state index is 14.2. The molecule has 1 unspecified atom stereocenters. The van der Waals surface area contributed by atoms with Crippen molar-refractivity contribution in [2.75, 3.05) is 25.6 Å². The highest BCUT2D eigenvalue weighted by molar-refractivity contribution is 6.23. The normalized spacial score (nSPS) is 20.8. The van der Waals surface area contributed by atoms with Gasteiger partial charge in [0.1, 0.15) is 12.2 Å². The van der Waals surface area contributed by atoms with Gasteiger partial charge in [0.15, 0.2) is 5.57 Å². The van der Waals surface area contributed by atoms with Crippen LogP contribution in [0.15, 0.2) is 65.2 Å². The number of rotatable bonds is 5. The average molecular weight is 489 g/mol. The summed E-state index contributed by atoms with van der Waals surface area (Å²) in [4.78, 5) is 20.1. The zero-order chi connectivity index (χ0) is 25.6. The number of nitrogens with zero attached hydrogens (tertiary/aromatic N) is 5. The smallest absolute Gasteiger partial charge is 0.433 e. The van der Waals surface area contributed by atoms with Crippen LogP contribution in [-0.4, -0.2) is 51.5 Å². The van der Waals surface area contributed by atoms with Gasteiger partial charge in [-0.2, -0.15) is 17.9 Å². The van der Waals surface area contributed by atoms with Crippen LogP contribution in [0, 0.1) is 10.6 Å². The van der Waals surface area contributed by atoms with Gasteiger partial charge in [0, 0.05) is 31.0 Å². The first-order valence-electron chi connectivity index (χ1n) is 11.1. The van der Waals surface area contributed by atoms with E-state index in [4.69, 9.17) is 0 Å². The predicted octanol–water partition coefficient (Wildman–Crippen LogP) is 4.34. The molecule has 4 rings (SSSR count). The van der Waals surface area contributed by atoms with Gasteiger partial charge in [0.2, 0.25) is 11.7 Å². The maximum Gasteiger partial charge on any atom is 0.433 e. The van der Waals surface area contributed by atoms with Crippen LogP contribution in [0.1, 0.15) is 32.0 Å². The number of quaternary nitrogens is 1. The van der Waals surface area contributed by atoms with Crippen molar-refractivity contribution in [2.45, 2.75) is 33.5 Å². The van der Waals surface area contributed by atoms with Crippen LogP contribution in [0.4, 0.5) is 18.9 Å². The monoisotopic (exact) mass is 488 g/mol. The fourth-order valence-electron chi connectivity index (χ4n) is 4.08. The molecule has 0 aliphatic carbocycles.